The lowest BCUT2D eigenvalue weighted by molar-refractivity contribution is 0.0597. The summed E-state index contributed by atoms with van der Waals surface area (Å²) in [4.78, 5) is 4.74. The molecule has 0 radical (unpaired) electrons. The molecule has 0 bridgehead atoms. The third-order valence-electron chi connectivity index (χ3n) is 5.13. The van der Waals surface area contributed by atoms with E-state index in [0.717, 1.165) is 18.4 Å². The van der Waals surface area contributed by atoms with Gasteiger partial charge in [-0.15, -0.1) is 0 Å². The van der Waals surface area contributed by atoms with E-state index in [0.29, 0.717) is 37.1 Å². The summed E-state index contributed by atoms with van der Waals surface area (Å²) in [6.07, 6.45) is 2.17. The van der Waals surface area contributed by atoms with E-state index < -0.39 is 0 Å². The van der Waals surface area contributed by atoms with E-state index in [-0.39, 0.29) is 12.0 Å². The highest BCUT2D eigenvalue weighted by Crippen LogP contribution is 2.39. The van der Waals surface area contributed by atoms with Crippen molar-refractivity contribution in [1.29, 1.82) is 5.26 Å². The molecule has 142 valence electrons. The van der Waals surface area contributed by atoms with Crippen LogP contribution in [0.5, 0.6) is 5.75 Å². The number of benzene rings is 2. The molecule has 0 N–H and O–H groups in total. The molecule has 0 spiro atoms. The van der Waals surface area contributed by atoms with E-state index in [4.69, 9.17) is 24.2 Å². The van der Waals surface area contributed by atoms with Crippen LogP contribution in [0.15, 0.2) is 59.1 Å². The fraction of sp³-hybridized carbons (Fsp3) is 0.318. The molecule has 0 unspecified atom stereocenters. The number of ether oxygens (including phenoxy) is 2. The molecule has 28 heavy (non-hydrogen) atoms. The predicted octanol–water partition coefficient (Wildman–Crippen LogP) is 3.66. The van der Waals surface area contributed by atoms with Gasteiger partial charge in [0.25, 0.3) is 0 Å². The summed E-state index contributed by atoms with van der Waals surface area (Å²) in [6.45, 7) is 1.38. The number of nitriles is 1. The van der Waals surface area contributed by atoms with Gasteiger partial charge >= 0.3 is 0 Å². The van der Waals surface area contributed by atoms with Crippen LogP contribution in [0.2, 0.25) is 0 Å². The molecule has 1 aliphatic heterocycles. The van der Waals surface area contributed by atoms with Crippen molar-refractivity contribution >= 4 is 0 Å². The second kappa shape index (κ2) is 8.24. The number of hydrogen-bond acceptors (Lipinski definition) is 6. The van der Waals surface area contributed by atoms with Crippen molar-refractivity contribution in [2.75, 3.05) is 19.8 Å². The van der Waals surface area contributed by atoms with Crippen LogP contribution in [0.4, 0.5) is 0 Å². The van der Waals surface area contributed by atoms with Crippen molar-refractivity contribution in [3.8, 4) is 11.8 Å². The van der Waals surface area contributed by atoms with Crippen LogP contribution >= 0.6 is 0 Å². The summed E-state index contributed by atoms with van der Waals surface area (Å²) >= 11 is 0. The summed E-state index contributed by atoms with van der Waals surface area (Å²) in [7, 11) is 0. The van der Waals surface area contributed by atoms with E-state index in [1.807, 2.05) is 48.5 Å². The van der Waals surface area contributed by atoms with Crippen molar-refractivity contribution in [2.24, 2.45) is 0 Å². The lowest BCUT2D eigenvalue weighted by Gasteiger charge is -2.34. The Morgan fingerprint density at radius 1 is 1.07 bits per heavy atom. The fourth-order valence-electron chi connectivity index (χ4n) is 3.67. The standard InChI is InChI=1S/C22H21N3O3/c23-11-14-27-19-8-4-5-17(15-19)16-20-24-21(25-28-20)22(9-12-26-13-10-22)18-6-2-1-3-7-18/h1-8,15H,9-10,12-14,16H2. The summed E-state index contributed by atoms with van der Waals surface area (Å²) in [5, 5.41) is 13.0. The van der Waals surface area contributed by atoms with E-state index >= 15 is 0 Å². The molecule has 2 heterocycles. The van der Waals surface area contributed by atoms with Crippen molar-refractivity contribution in [1.82, 2.24) is 10.1 Å². The first-order chi connectivity index (χ1) is 13.8. The number of hydrogen-bond donors (Lipinski definition) is 0. The van der Waals surface area contributed by atoms with Crippen molar-refractivity contribution in [3.05, 3.63) is 77.4 Å². The molecular weight excluding hydrogens is 354 g/mol. The van der Waals surface area contributed by atoms with Crippen LogP contribution in [0, 0.1) is 11.3 Å². The number of nitrogens with zero attached hydrogens (tertiary/aromatic N) is 3. The minimum atomic E-state index is -0.279. The lowest BCUT2D eigenvalue weighted by atomic mass is 9.73. The van der Waals surface area contributed by atoms with E-state index in [9.17, 15) is 0 Å². The maximum Gasteiger partial charge on any atom is 0.231 e. The first-order valence-corrected chi connectivity index (χ1v) is 9.35. The van der Waals surface area contributed by atoms with Gasteiger partial charge in [0.15, 0.2) is 12.4 Å². The molecule has 0 saturated carbocycles. The minimum Gasteiger partial charge on any atom is -0.479 e. The third-order valence-corrected chi connectivity index (χ3v) is 5.13. The molecule has 0 amide bonds. The first-order valence-electron chi connectivity index (χ1n) is 9.35. The Morgan fingerprint density at radius 2 is 1.89 bits per heavy atom. The van der Waals surface area contributed by atoms with E-state index in [1.54, 1.807) is 0 Å². The molecule has 2 aromatic carbocycles. The molecule has 6 nitrogen and oxygen atoms in total. The quantitative estimate of drug-likeness (QED) is 0.654. The molecule has 1 aliphatic rings. The summed E-state index contributed by atoms with van der Waals surface area (Å²) in [5.41, 5.74) is 1.91. The fourth-order valence-corrected chi connectivity index (χ4v) is 3.67. The van der Waals surface area contributed by atoms with Crippen LogP contribution in [0.3, 0.4) is 0 Å². The topological polar surface area (TPSA) is 81.2 Å². The molecule has 6 heteroatoms. The molecular formula is C22H21N3O3. The summed E-state index contributed by atoms with van der Waals surface area (Å²) in [5.74, 6) is 1.94. The molecule has 1 saturated heterocycles. The molecule has 3 aromatic rings. The van der Waals surface area contributed by atoms with Gasteiger partial charge < -0.3 is 14.0 Å². The van der Waals surface area contributed by atoms with Gasteiger partial charge in [-0.05, 0) is 36.1 Å². The summed E-state index contributed by atoms with van der Waals surface area (Å²) in [6, 6.07) is 19.9. The Kier molecular flexibility index (Phi) is 5.36. The Balaban J connectivity index is 1.59. The normalized spacial score (nSPS) is 15.7. The maximum absolute atomic E-state index is 8.66. The Bertz CT molecular complexity index is 956. The zero-order chi connectivity index (χ0) is 19.2. The minimum absolute atomic E-state index is 0.0236. The molecule has 1 aromatic heterocycles. The van der Waals surface area contributed by atoms with Crippen LogP contribution in [-0.4, -0.2) is 30.0 Å². The highest BCUT2D eigenvalue weighted by atomic mass is 16.5. The summed E-state index contributed by atoms with van der Waals surface area (Å²) < 4.78 is 16.6. The van der Waals surface area contributed by atoms with Crippen LogP contribution < -0.4 is 4.74 Å². The third kappa shape index (κ3) is 3.75. The monoisotopic (exact) mass is 375 g/mol. The van der Waals surface area contributed by atoms with E-state index in [1.165, 1.54) is 5.56 Å². The highest BCUT2D eigenvalue weighted by molar-refractivity contribution is 5.34. The number of rotatable bonds is 6. The largest absolute Gasteiger partial charge is 0.479 e. The Labute approximate surface area is 163 Å². The zero-order valence-corrected chi connectivity index (χ0v) is 15.5. The average Bonchev–Trinajstić information content (AvgIpc) is 3.23. The van der Waals surface area contributed by atoms with E-state index in [2.05, 4.69) is 17.3 Å². The van der Waals surface area contributed by atoms with Gasteiger partial charge in [-0.2, -0.15) is 10.2 Å². The van der Waals surface area contributed by atoms with Gasteiger partial charge in [-0.3, -0.25) is 0 Å². The predicted molar refractivity (Wildman–Crippen MR) is 102 cm³/mol. The van der Waals surface area contributed by atoms with Gasteiger partial charge in [0.05, 0.1) is 11.8 Å². The van der Waals surface area contributed by atoms with Crippen LogP contribution in [0.1, 0.15) is 35.7 Å². The second-order valence-electron chi connectivity index (χ2n) is 6.84. The van der Waals surface area contributed by atoms with Crippen molar-refractivity contribution in [2.45, 2.75) is 24.7 Å². The highest BCUT2D eigenvalue weighted by Gasteiger charge is 2.40. The van der Waals surface area contributed by atoms with Crippen LogP contribution in [-0.2, 0) is 16.6 Å². The van der Waals surface area contributed by atoms with Gasteiger partial charge in [0.1, 0.15) is 11.8 Å². The second-order valence-corrected chi connectivity index (χ2v) is 6.84. The van der Waals surface area contributed by atoms with Crippen LogP contribution in [0.25, 0.3) is 0 Å². The first kappa shape index (κ1) is 18.2. The van der Waals surface area contributed by atoms with Crippen molar-refractivity contribution in [3.63, 3.8) is 0 Å². The molecule has 0 atom stereocenters. The number of aromatic nitrogens is 2. The van der Waals surface area contributed by atoms with Gasteiger partial charge in [0.2, 0.25) is 5.89 Å². The van der Waals surface area contributed by atoms with Crippen molar-refractivity contribution < 1.29 is 14.0 Å². The smallest absolute Gasteiger partial charge is 0.231 e. The van der Waals surface area contributed by atoms with Gasteiger partial charge in [0, 0.05) is 13.2 Å². The van der Waals surface area contributed by atoms with Gasteiger partial charge in [-0.1, -0.05) is 47.6 Å². The SMILES string of the molecule is N#CCOc1cccc(Cc2nc(C3(c4ccccc4)CCOCC3)no2)c1. The lowest BCUT2D eigenvalue weighted by Crippen LogP contribution is -2.36. The zero-order valence-electron chi connectivity index (χ0n) is 15.5. The van der Waals surface area contributed by atoms with Gasteiger partial charge in [-0.25, -0.2) is 0 Å². The average molecular weight is 375 g/mol. The molecule has 1 fully saturated rings. The molecule has 4 rings (SSSR count). The molecule has 0 aliphatic carbocycles. The maximum atomic E-state index is 8.66. The Morgan fingerprint density at radius 3 is 2.68 bits per heavy atom. The Hall–Kier alpha value is -3.17.